The first kappa shape index (κ1) is 18.3. The van der Waals surface area contributed by atoms with Crippen LogP contribution in [0.1, 0.15) is 39.7 Å². The summed E-state index contributed by atoms with van der Waals surface area (Å²) in [6.45, 7) is 8.27. The molecule has 0 bridgehead atoms. The molecule has 0 saturated heterocycles. The van der Waals surface area contributed by atoms with Crippen molar-refractivity contribution in [1.29, 1.82) is 0 Å². The SMILES string of the molecule is CC(C)Oc1ccc(Oc2ccc(CCC(N)C(C)C)cc2)cn1. The highest BCUT2D eigenvalue weighted by atomic mass is 16.5. The van der Waals surface area contributed by atoms with E-state index in [4.69, 9.17) is 15.2 Å². The third-order valence-electron chi connectivity index (χ3n) is 3.85. The number of aryl methyl sites for hydroxylation is 1. The Hall–Kier alpha value is -2.07. The second-order valence-electron chi connectivity index (χ2n) is 6.69. The van der Waals surface area contributed by atoms with E-state index in [1.54, 1.807) is 6.20 Å². The van der Waals surface area contributed by atoms with Crippen LogP contribution in [0.4, 0.5) is 0 Å². The molecule has 1 heterocycles. The average Bonchev–Trinajstić information content (AvgIpc) is 2.55. The van der Waals surface area contributed by atoms with Gasteiger partial charge in [0.05, 0.1) is 12.3 Å². The fraction of sp³-hybridized carbons (Fsp3) is 0.450. The van der Waals surface area contributed by atoms with Gasteiger partial charge in [0.25, 0.3) is 0 Å². The van der Waals surface area contributed by atoms with Crippen molar-refractivity contribution in [2.24, 2.45) is 11.7 Å². The van der Waals surface area contributed by atoms with E-state index in [-0.39, 0.29) is 12.1 Å². The number of hydrogen-bond donors (Lipinski definition) is 1. The molecule has 2 N–H and O–H groups in total. The highest BCUT2D eigenvalue weighted by Crippen LogP contribution is 2.23. The predicted octanol–water partition coefficient (Wildman–Crippen LogP) is 4.58. The molecule has 1 aromatic carbocycles. The maximum absolute atomic E-state index is 6.10. The molecule has 4 heteroatoms. The molecule has 2 rings (SSSR count). The summed E-state index contributed by atoms with van der Waals surface area (Å²) in [6.07, 6.45) is 3.77. The molecule has 0 aliphatic rings. The summed E-state index contributed by atoms with van der Waals surface area (Å²) >= 11 is 0. The fourth-order valence-electron chi connectivity index (χ4n) is 2.27. The van der Waals surface area contributed by atoms with Gasteiger partial charge in [-0.15, -0.1) is 0 Å². The first-order valence-electron chi connectivity index (χ1n) is 8.59. The summed E-state index contributed by atoms with van der Waals surface area (Å²) in [4.78, 5) is 4.24. The van der Waals surface area contributed by atoms with Crippen LogP contribution < -0.4 is 15.2 Å². The van der Waals surface area contributed by atoms with Crippen molar-refractivity contribution in [3.05, 3.63) is 48.2 Å². The van der Waals surface area contributed by atoms with Gasteiger partial charge in [-0.1, -0.05) is 26.0 Å². The molecule has 130 valence electrons. The van der Waals surface area contributed by atoms with E-state index in [9.17, 15) is 0 Å². The number of hydrogen-bond acceptors (Lipinski definition) is 4. The zero-order valence-corrected chi connectivity index (χ0v) is 15.0. The van der Waals surface area contributed by atoms with Crippen LogP contribution in [-0.2, 0) is 6.42 Å². The van der Waals surface area contributed by atoms with E-state index >= 15 is 0 Å². The van der Waals surface area contributed by atoms with E-state index in [0.29, 0.717) is 17.5 Å². The van der Waals surface area contributed by atoms with Crippen LogP contribution in [-0.4, -0.2) is 17.1 Å². The Morgan fingerprint density at radius 3 is 2.17 bits per heavy atom. The zero-order valence-electron chi connectivity index (χ0n) is 15.0. The van der Waals surface area contributed by atoms with Gasteiger partial charge in [-0.3, -0.25) is 0 Å². The number of benzene rings is 1. The quantitative estimate of drug-likeness (QED) is 0.771. The van der Waals surface area contributed by atoms with E-state index in [0.717, 1.165) is 18.6 Å². The summed E-state index contributed by atoms with van der Waals surface area (Å²) in [5.41, 5.74) is 7.37. The van der Waals surface area contributed by atoms with Crippen LogP contribution in [0.5, 0.6) is 17.4 Å². The van der Waals surface area contributed by atoms with Crippen molar-refractivity contribution in [3.8, 4) is 17.4 Å². The van der Waals surface area contributed by atoms with Gasteiger partial charge in [-0.25, -0.2) is 4.98 Å². The van der Waals surface area contributed by atoms with Gasteiger partial charge < -0.3 is 15.2 Å². The fourth-order valence-corrected chi connectivity index (χ4v) is 2.27. The van der Waals surface area contributed by atoms with E-state index in [1.165, 1.54) is 5.56 Å². The van der Waals surface area contributed by atoms with Crippen molar-refractivity contribution in [3.63, 3.8) is 0 Å². The Morgan fingerprint density at radius 1 is 0.958 bits per heavy atom. The van der Waals surface area contributed by atoms with E-state index in [2.05, 4.69) is 31.0 Å². The molecule has 1 aromatic heterocycles. The highest BCUT2D eigenvalue weighted by molar-refractivity contribution is 5.33. The first-order chi connectivity index (χ1) is 11.4. The summed E-state index contributed by atoms with van der Waals surface area (Å²) in [7, 11) is 0. The summed E-state index contributed by atoms with van der Waals surface area (Å²) < 4.78 is 11.3. The first-order valence-corrected chi connectivity index (χ1v) is 8.59. The summed E-state index contributed by atoms with van der Waals surface area (Å²) in [5.74, 6) is 2.61. The van der Waals surface area contributed by atoms with Crippen molar-refractivity contribution in [1.82, 2.24) is 4.98 Å². The Kier molecular flexibility index (Phi) is 6.62. The van der Waals surface area contributed by atoms with Gasteiger partial charge in [-0.05, 0) is 56.4 Å². The molecule has 0 aliphatic carbocycles. The number of nitrogens with zero attached hydrogens (tertiary/aromatic N) is 1. The van der Waals surface area contributed by atoms with Crippen LogP contribution in [0.3, 0.4) is 0 Å². The minimum Gasteiger partial charge on any atom is -0.475 e. The monoisotopic (exact) mass is 328 g/mol. The number of aromatic nitrogens is 1. The molecule has 1 atom stereocenters. The molecule has 24 heavy (non-hydrogen) atoms. The number of pyridine rings is 1. The van der Waals surface area contributed by atoms with E-state index in [1.807, 2.05) is 38.1 Å². The lowest BCUT2D eigenvalue weighted by molar-refractivity contribution is 0.232. The van der Waals surface area contributed by atoms with Crippen LogP contribution in [0, 0.1) is 5.92 Å². The second-order valence-corrected chi connectivity index (χ2v) is 6.69. The zero-order chi connectivity index (χ0) is 17.5. The Balaban J connectivity index is 1.89. The van der Waals surface area contributed by atoms with Crippen molar-refractivity contribution >= 4 is 0 Å². The van der Waals surface area contributed by atoms with Crippen molar-refractivity contribution in [2.75, 3.05) is 0 Å². The number of rotatable bonds is 8. The lowest BCUT2D eigenvalue weighted by Gasteiger charge is -2.15. The van der Waals surface area contributed by atoms with Crippen LogP contribution in [0.2, 0.25) is 0 Å². The van der Waals surface area contributed by atoms with Crippen molar-refractivity contribution in [2.45, 2.75) is 52.7 Å². The summed E-state index contributed by atoms with van der Waals surface area (Å²) in [5, 5.41) is 0. The van der Waals surface area contributed by atoms with Crippen LogP contribution >= 0.6 is 0 Å². The Morgan fingerprint density at radius 2 is 1.62 bits per heavy atom. The van der Waals surface area contributed by atoms with Gasteiger partial charge in [0.2, 0.25) is 5.88 Å². The van der Waals surface area contributed by atoms with Crippen LogP contribution in [0.15, 0.2) is 42.6 Å². The minimum absolute atomic E-state index is 0.112. The summed E-state index contributed by atoms with van der Waals surface area (Å²) in [6, 6.07) is 12.1. The molecule has 0 amide bonds. The molecule has 0 saturated carbocycles. The topological polar surface area (TPSA) is 57.4 Å². The third kappa shape index (κ3) is 5.85. The molecule has 0 radical (unpaired) electrons. The van der Waals surface area contributed by atoms with Gasteiger partial charge in [0.15, 0.2) is 0 Å². The molecular weight excluding hydrogens is 300 g/mol. The Labute approximate surface area is 145 Å². The van der Waals surface area contributed by atoms with Gasteiger partial charge in [-0.2, -0.15) is 0 Å². The second kappa shape index (κ2) is 8.69. The maximum Gasteiger partial charge on any atom is 0.213 e. The minimum atomic E-state index is 0.112. The molecule has 0 fully saturated rings. The molecule has 2 aromatic rings. The highest BCUT2D eigenvalue weighted by Gasteiger charge is 2.07. The lowest BCUT2D eigenvalue weighted by Crippen LogP contribution is -2.26. The smallest absolute Gasteiger partial charge is 0.213 e. The molecule has 0 spiro atoms. The average molecular weight is 328 g/mol. The number of nitrogens with two attached hydrogens (primary N) is 1. The van der Waals surface area contributed by atoms with Gasteiger partial charge in [0.1, 0.15) is 11.5 Å². The molecule has 1 unspecified atom stereocenters. The standard InChI is InChI=1S/C20H28N2O2/c1-14(2)19(21)11-7-16-5-8-17(9-6-16)24-18-10-12-20(22-13-18)23-15(3)4/h5-6,8-10,12-15,19H,7,11,21H2,1-4H3. The molecule has 4 nitrogen and oxygen atoms in total. The normalized spacial score (nSPS) is 12.5. The number of ether oxygens (including phenoxy) is 2. The van der Waals surface area contributed by atoms with Gasteiger partial charge >= 0.3 is 0 Å². The largest absolute Gasteiger partial charge is 0.475 e. The van der Waals surface area contributed by atoms with Crippen LogP contribution in [0.25, 0.3) is 0 Å². The van der Waals surface area contributed by atoms with E-state index < -0.39 is 0 Å². The molecular formula is C20H28N2O2. The van der Waals surface area contributed by atoms with Crippen molar-refractivity contribution < 1.29 is 9.47 Å². The predicted molar refractivity (Wildman–Crippen MR) is 97.7 cm³/mol. The molecule has 0 aliphatic heterocycles. The van der Waals surface area contributed by atoms with Gasteiger partial charge in [0, 0.05) is 12.1 Å². The Bertz CT molecular complexity index is 607. The maximum atomic E-state index is 6.10. The lowest BCUT2D eigenvalue weighted by atomic mass is 9.98. The third-order valence-corrected chi connectivity index (χ3v) is 3.85.